The van der Waals surface area contributed by atoms with Gasteiger partial charge in [-0.25, -0.2) is 0 Å². The van der Waals surface area contributed by atoms with Crippen molar-refractivity contribution in [1.82, 2.24) is 0 Å². The minimum atomic E-state index is -2.11. The highest BCUT2D eigenvalue weighted by Crippen LogP contribution is 2.35. The maximum atomic E-state index is 5.89. The molecular weight excluding hydrogens is 288 g/mol. The summed E-state index contributed by atoms with van der Waals surface area (Å²) in [5.74, 6) is 0. The molecule has 0 radical (unpaired) electrons. The molecule has 0 aromatic rings. The van der Waals surface area contributed by atoms with Crippen LogP contribution in [0.25, 0.3) is 0 Å². The summed E-state index contributed by atoms with van der Waals surface area (Å²) in [6, 6.07) is 0.845. The third-order valence-corrected chi connectivity index (χ3v) is 7.46. The molecule has 5 nitrogen and oxygen atoms in total. The maximum Gasteiger partial charge on any atom is 0.337 e. The van der Waals surface area contributed by atoms with Gasteiger partial charge in [-0.15, -0.1) is 0 Å². The van der Waals surface area contributed by atoms with Crippen LogP contribution < -0.4 is 0 Å². The lowest BCUT2D eigenvalue weighted by Gasteiger charge is -2.44. The second-order valence-electron chi connectivity index (χ2n) is 6.27. The molecule has 0 N–H and O–H groups in total. The van der Waals surface area contributed by atoms with E-state index in [1.165, 1.54) is 0 Å². The Balaban J connectivity index is 2.53. The molecule has 0 saturated carbocycles. The average molecular weight is 321 g/mol. The molecule has 1 aliphatic rings. The van der Waals surface area contributed by atoms with Crippen LogP contribution in [-0.4, -0.2) is 61.9 Å². The van der Waals surface area contributed by atoms with Crippen molar-refractivity contribution >= 4 is 8.56 Å². The van der Waals surface area contributed by atoms with Gasteiger partial charge in [-0.1, -0.05) is 6.92 Å². The zero-order valence-electron chi connectivity index (χ0n) is 14.4. The topological polar surface area (TPSA) is 46.2 Å². The SMILES string of the molecule is CCOC(CCC(OC)C1(C)COC1)C[Si](C)(OC)OC. The highest BCUT2D eigenvalue weighted by Gasteiger charge is 2.42. The van der Waals surface area contributed by atoms with Crippen molar-refractivity contribution in [2.45, 2.75) is 51.5 Å². The fourth-order valence-electron chi connectivity index (χ4n) is 2.84. The van der Waals surface area contributed by atoms with Gasteiger partial charge in [0.15, 0.2) is 0 Å². The third-order valence-electron chi connectivity index (χ3n) is 4.54. The van der Waals surface area contributed by atoms with Gasteiger partial charge in [0.25, 0.3) is 0 Å². The summed E-state index contributed by atoms with van der Waals surface area (Å²) in [5, 5.41) is 0. The van der Waals surface area contributed by atoms with Crippen LogP contribution in [0.3, 0.4) is 0 Å². The summed E-state index contributed by atoms with van der Waals surface area (Å²) >= 11 is 0. The summed E-state index contributed by atoms with van der Waals surface area (Å²) in [6.45, 7) is 8.61. The predicted octanol–water partition coefficient (Wildman–Crippen LogP) is 2.59. The van der Waals surface area contributed by atoms with E-state index in [-0.39, 0.29) is 17.6 Å². The van der Waals surface area contributed by atoms with Gasteiger partial charge in [0.1, 0.15) is 0 Å². The Morgan fingerprint density at radius 2 is 1.76 bits per heavy atom. The lowest BCUT2D eigenvalue weighted by molar-refractivity contribution is -0.173. The molecule has 1 aliphatic heterocycles. The molecule has 1 saturated heterocycles. The first kappa shape index (κ1) is 19.1. The normalized spacial score (nSPS) is 20.9. The van der Waals surface area contributed by atoms with Gasteiger partial charge in [0, 0.05) is 39.4 Å². The number of hydrogen-bond donors (Lipinski definition) is 0. The Morgan fingerprint density at radius 3 is 2.14 bits per heavy atom. The zero-order chi connectivity index (χ0) is 15.9. The Bertz CT molecular complexity index is 292. The molecule has 1 rings (SSSR count). The highest BCUT2D eigenvalue weighted by atomic mass is 28.4. The quantitative estimate of drug-likeness (QED) is 0.548. The lowest BCUT2D eigenvalue weighted by Crippen LogP contribution is -2.50. The summed E-state index contributed by atoms with van der Waals surface area (Å²) in [4.78, 5) is 0. The number of hydrogen-bond acceptors (Lipinski definition) is 5. The second kappa shape index (κ2) is 8.60. The van der Waals surface area contributed by atoms with Crippen LogP contribution in [-0.2, 0) is 23.1 Å². The Morgan fingerprint density at radius 1 is 1.14 bits per heavy atom. The van der Waals surface area contributed by atoms with Crippen molar-refractivity contribution in [2.24, 2.45) is 5.41 Å². The molecule has 21 heavy (non-hydrogen) atoms. The van der Waals surface area contributed by atoms with Crippen LogP contribution in [0.4, 0.5) is 0 Å². The monoisotopic (exact) mass is 320 g/mol. The van der Waals surface area contributed by atoms with Crippen LogP contribution in [0.15, 0.2) is 0 Å². The highest BCUT2D eigenvalue weighted by molar-refractivity contribution is 6.66. The molecule has 0 aromatic carbocycles. The average Bonchev–Trinajstić information content (AvgIpc) is 2.45. The summed E-state index contributed by atoms with van der Waals surface area (Å²) < 4.78 is 28.1. The smallest absolute Gasteiger partial charge is 0.337 e. The third kappa shape index (κ3) is 5.30. The molecule has 0 aliphatic carbocycles. The van der Waals surface area contributed by atoms with Crippen molar-refractivity contribution in [3.63, 3.8) is 0 Å². The van der Waals surface area contributed by atoms with Gasteiger partial charge in [0.2, 0.25) is 0 Å². The number of rotatable bonds is 11. The molecule has 0 aromatic heterocycles. The first-order valence-electron chi connectivity index (χ1n) is 7.75. The lowest BCUT2D eigenvalue weighted by atomic mass is 9.80. The van der Waals surface area contributed by atoms with Gasteiger partial charge in [-0.2, -0.15) is 0 Å². The van der Waals surface area contributed by atoms with Crippen LogP contribution in [0.5, 0.6) is 0 Å². The van der Waals surface area contributed by atoms with Crippen molar-refractivity contribution in [1.29, 1.82) is 0 Å². The largest absolute Gasteiger partial charge is 0.398 e. The van der Waals surface area contributed by atoms with Crippen molar-refractivity contribution in [3.8, 4) is 0 Å². The van der Waals surface area contributed by atoms with Gasteiger partial charge in [-0.05, 0) is 26.3 Å². The second-order valence-corrected chi connectivity index (χ2v) is 9.76. The molecule has 2 atom stereocenters. The van der Waals surface area contributed by atoms with E-state index in [1.807, 2.05) is 6.92 Å². The van der Waals surface area contributed by atoms with E-state index in [0.29, 0.717) is 6.61 Å². The Labute approximate surface area is 130 Å². The minimum Gasteiger partial charge on any atom is -0.398 e. The molecule has 6 heteroatoms. The number of ether oxygens (including phenoxy) is 3. The first-order chi connectivity index (χ1) is 9.93. The Hall–Kier alpha value is 0.0169. The Kier molecular flexibility index (Phi) is 7.81. The van der Waals surface area contributed by atoms with E-state index in [2.05, 4.69) is 13.5 Å². The van der Waals surface area contributed by atoms with E-state index < -0.39 is 8.56 Å². The van der Waals surface area contributed by atoms with Crippen LogP contribution in [0, 0.1) is 5.41 Å². The summed E-state index contributed by atoms with van der Waals surface area (Å²) in [7, 11) is 3.13. The zero-order valence-corrected chi connectivity index (χ0v) is 15.4. The van der Waals surface area contributed by atoms with Crippen LogP contribution >= 0.6 is 0 Å². The van der Waals surface area contributed by atoms with Crippen molar-refractivity contribution < 1.29 is 23.1 Å². The molecule has 126 valence electrons. The van der Waals surface area contributed by atoms with Gasteiger partial charge in [0.05, 0.1) is 25.4 Å². The first-order valence-corrected chi connectivity index (χ1v) is 10.3. The van der Waals surface area contributed by atoms with E-state index >= 15 is 0 Å². The maximum absolute atomic E-state index is 5.89. The fourth-order valence-corrected chi connectivity index (χ4v) is 4.49. The van der Waals surface area contributed by atoms with Crippen molar-refractivity contribution in [2.75, 3.05) is 41.2 Å². The predicted molar refractivity (Wildman–Crippen MR) is 84.8 cm³/mol. The van der Waals surface area contributed by atoms with Crippen LogP contribution in [0.2, 0.25) is 12.6 Å². The van der Waals surface area contributed by atoms with Gasteiger partial charge >= 0.3 is 8.56 Å². The molecule has 1 fully saturated rings. The summed E-state index contributed by atoms with van der Waals surface area (Å²) in [5.41, 5.74) is 0.148. The van der Waals surface area contributed by atoms with Gasteiger partial charge in [-0.3, -0.25) is 0 Å². The minimum absolute atomic E-state index is 0.148. The van der Waals surface area contributed by atoms with E-state index in [1.54, 1.807) is 21.3 Å². The summed E-state index contributed by atoms with van der Waals surface area (Å²) in [6.07, 6.45) is 2.30. The molecule has 0 amide bonds. The van der Waals surface area contributed by atoms with Crippen molar-refractivity contribution in [3.05, 3.63) is 0 Å². The van der Waals surface area contributed by atoms with E-state index in [4.69, 9.17) is 23.1 Å². The molecule has 1 heterocycles. The number of methoxy groups -OCH3 is 1. The fraction of sp³-hybridized carbons (Fsp3) is 1.00. The van der Waals surface area contributed by atoms with Gasteiger partial charge < -0.3 is 23.1 Å². The standard InChI is InChI=1S/C15H32O5Si/c1-7-20-13(10-21(6,17-4)18-5)8-9-14(16-3)15(2)11-19-12-15/h13-14H,7-12H2,1-6H3. The molecular formula is C15H32O5Si. The van der Waals surface area contributed by atoms with E-state index in [0.717, 1.165) is 32.1 Å². The van der Waals surface area contributed by atoms with E-state index in [9.17, 15) is 0 Å². The molecule has 2 unspecified atom stereocenters. The van der Waals surface area contributed by atoms with Crippen LogP contribution in [0.1, 0.15) is 26.7 Å². The molecule has 0 spiro atoms. The molecule has 0 bridgehead atoms.